The van der Waals surface area contributed by atoms with Crippen LogP contribution in [0.4, 0.5) is 0 Å². The summed E-state index contributed by atoms with van der Waals surface area (Å²) in [6, 6.07) is 0. The average molecular weight is 789 g/mol. The molecule has 12 fully saturated rings. The Labute approximate surface area is 339 Å². The lowest BCUT2D eigenvalue weighted by atomic mass is 9.50. The second-order valence-corrected chi connectivity index (χ2v) is 23.1. The SMILES string of the molecule is CC1C2CCC(C2)C1C1C(=O)OC(=O)C1CC(C)(CC1(C)CC(CCCC(=O)OC2(C)C3CC4CC(C3)CC2C4)OC1=O)C(=O)OC1(C)C2CC3CC(C2)CC1C3. The summed E-state index contributed by atoms with van der Waals surface area (Å²) >= 11 is 0. The van der Waals surface area contributed by atoms with Crippen LogP contribution < -0.4 is 0 Å². The monoisotopic (exact) mass is 788 g/mol. The maximum Gasteiger partial charge on any atom is 0.317 e. The summed E-state index contributed by atoms with van der Waals surface area (Å²) in [7, 11) is 0. The highest BCUT2D eigenvalue weighted by Crippen LogP contribution is 2.63. The largest absolute Gasteiger partial charge is 0.462 e. The third-order valence-electron chi connectivity index (χ3n) is 19.5. The first-order valence-corrected chi connectivity index (χ1v) is 23.5. The third kappa shape index (κ3) is 6.28. The van der Waals surface area contributed by atoms with Crippen LogP contribution in [0.2, 0.25) is 0 Å². The Morgan fingerprint density at radius 1 is 0.737 bits per heavy atom. The zero-order valence-electron chi connectivity index (χ0n) is 35.3. The van der Waals surface area contributed by atoms with Gasteiger partial charge in [0.1, 0.15) is 17.3 Å². The van der Waals surface area contributed by atoms with E-state index >= 15 is 4.79 Å². The van der Waals surface area contributed by atoms with Gasteiger partial charge in [-0.3, -0.25) is 24.0 Å². The predicted molar refractivity (Wildman–Crippen MR) is 208 cm³/mol. The van der Waals surface area contributed by atoms with Crippen LogP contribution >= 0.6 is 0 Å². The van der Waals surface area contributed by atoms with Gasteiger partial charge in [-0.1, -0.05) is 6.92 Å². The summed E-state index contributed by atoms with van der Waals surface area (Å²) in [5.74, 6) is 2.74. The van der Waals surface area contributed by atoms with Crippen molar-refractivity contribution in [1.29, 1.82) is 0 Å². The second kappa shape index (κ2) is 13.5. The Hall–Kier alpha value is -2.45. The molecule has 9 nitrogen and oxygen atoms in total. The van der Waals surface area contributed by atoms with Crippen molar-refractivity contribution < 1.29 is 42.9 Å². The molecule has 0 aromatic heterocycles. The van der Waals surface area contributed by atoms with Gasteiger partial charge in [0.15, 0.2) is 0 Å². The molecule has 2 aliphatic heterocycles. The van der Waals surface area contributed by atoms with E-state index in [1.807, 2.05) is 13.8 Å². The Bertz CT molecular complexity index is 1640. The first kappa shape index (κ1) is 38.7. The minimum absolute atomic E-state index is 0.0592. The van der Waals surface area contributed by atoms with Crippen LogP contribution in [0.15, 0.2) is 0 Å². The standard InChI is InChI=1S/C48H68O9/c1-25-30-9-10-31(21-30)39(25)40-37(41(50)55-42(40)51)23-46(3,44(53)57-48(5)34-17-28-12-29(19-34)20-35(48)18-28)24-45(2)22-36(54-43(45)52)7-6-8-38(49)56-47(4)32-13-26-11-27(15-32)16-33(47)14-26/h25-37,39-40H,6-24H2,1-5H3. The van der Waals surface area contributed by atoms with Crippen molar-refractivity contribution >= 4 is 29.8 Å². The number of ether oxygens (including phenoxy) is 4. The van der Waals surface area contributed by atoms with E-state index in [2.05, 4.69) is 20.8 Å². The highest BCUT2D eigenvalue weighted by Gasteiger charge is 2.63. The summed E-state index contributed by atoms with van der Waals surface area (Å²) in [4.78, 5) is 69.6. The Kier molecular flexibility index (Phi) is 9.19. The fraction of sp³-hybridized carbons (Fsp3) is 0.896. The summed E-state index contributed by atoms with van der Waals surface area (Å²) in [5.41, 5.74) is -3.18. The molecule has 0 amide bonds. The molecule has 0 radical (unpaired) electrons. The lowest BCUT2D eigenvalue weighted by Gasteiger charge is -2.59. The van der Waals surface area contributed by atoms with E-state index in [1.165, 1.54) is 44.9 Å². The zero-order valence-corrected chi connectivity index (χ0v) is 35.3. The Morgan fingerprint density at radius 3 is 1.82 bits per heavy atom. The zero-order chi connectivity index (χ0) is 39.8. The molecule has 9 heteroatoms. The van der Waals surface area contributed by atoms with Crippen LogP contribution in [-0.4, -0.2) is 47.2 Å². The fourth-order valence-electron chi connectivity index (χ4n) is 16.9. The summed E-state index contributed by atoms with van der Waals surface area (Å²) in [6.07, 6.45) is 16.7. The molecular weight excluding hydrogens is 721 g/mol. The van der Waals surface area contributed by atoms with Crippen molar-refractivity contribution in [2.75, 3.05) is 0 Å². The maximum atomic E-state index is 15.0. The number of hydrogen-bond acceptors (Lipinski definition) is 9. The third-order valence-corrected chi connectivity index (χ3v) is 19.5. The van der Waals surface area contributed by atoms with E-state index in [1.54, 1.807) is 0 Å². The van der Waals surface area contributed by atoms with Gasteiger partial charge in [-0.05, 0) is 208 Å². The minimum atomic E-state index is -1.23. The van der Waals surface area contributed by atoms with Crippen molar-refractivity contribution in [1.82, 2.24) is 0 Å². The van der Waals surface area contributed by atoms with Gasteiger partial charge in [0, 0.05) is 12.8 Å². The minimum Gasteiger partial charge on any atom is -0.462 e. The molecule has 10 saturated carbocycles. The molecule has 9 unspecified atom stereocenters. The van der Waals surface area contributed by atoms with Crippen LogP contribution in [0.5, 0.6) is 0 Å². The molecular formula is C48H68O9. The van der Waals surface area contributed by atoms with Crippen molar-refractivity contribution in [3.05, 3.63) is 0 Å². The van der Waals surface area contributed by atoms with Crippen molar-refractivity contribution in [2.45, 2.75) is 174 Å². The molecule has 2 saturated heterocycles. The molecule has 2 heterocycles. The number of cyclic esters (lactones) is 3. The van der Waals surface area contributed by atoms with Gasteiger partial charge in [0.05, 0.1) is 22.7 Å². The lowest BCUT2D eigenvalue weighted by Crippen LogP contribution is -2.59. The Morgan fingerprint density at radius 2 is 1.28 bits per heavy atom. The number of carbonyl (C=O) groups is 5. The van der Waals surface area contributed by atoms with Gasteiger partial charge in [-0.2, -0.15) is 0 Å². The highest BCUT2D eigenvalue weighted by molar-refractivity contribution is 5.97. The van der Waals surface area contributed by atoms with Crippen LogP contribution in [-0.2, 0) is 42.9 Å². The van der Waals surface area contributed by atoms with Gasteiger partial charge < -0.3 is 18.9 Å². The first-order chi connectivity index (χ1) is 27.0. The van der Waals surface area contributed by atoms with Crippen LogP contribution in [0.1, 0.15) is 157 Å². The van der Waals surface area contributed by atoms with Crippen molar-refractivity contribution in [3.63, 3.8) is 0 Å². The molecule has 12 rings (SSSR count). The average Bonchev–Trinajstić information content (AvgIpc) is 3.87. The van der Waals surface area contributed by atoms with Gasteiger partial charge in [-0.25, -0.2) is 0 Å². The summed E-state index contributed by atoms with van der Waals surface area (Å²) < 4.78 is 24.6. The molecule has 0 aromatic carbocycles. The van der Waals surface area contributed by atoms with Crippen LogP contribution in [0.3, 0.4) is 0 Å². The molecule has 9 atom stereocenters. The van der Waals surface area contributed by atoms with E-state index in [0.717, 1.165) is 50.4 Å². The van der Waals surface area contributed by atoms with E-state index in [9.17, 15) is 19.2 Å². The molecule has 12 aliphatic rings. The van der Waals surface area contributed by atoms with Gasteiger partial charge in [-0.15, -0.1) is 0 Å². The number of esters is 5. The smallest absolute Gasteiger partial charge is 0.317 e. The molecule has 0 N–H and O–H groups in total. The first-order valence-electron chi connectivity index (χ1n) is 23.5. The van der Waals surface area contributed by atoms with E-state index in [-0.39, 0.29) is 48.4 Å². The van der Waals surface area contributed by atoms with Gasteiger partial charge in [0.2, 0.25) is 0 Å². The lowest BCUT2D eigenvalue weighted by molar-refractivity contribution is -0.214. The molecule has 0 spiro atoms. The van der Waals surface area contributed by atoms with Gasteiger partial charge in [0.25, 0.3) is 0 Å². The van der Waals surface area contributed by atoms with Crippen LogP contribution in [0, 0.1) is 93.7 Å². The Balaban J connectivity index is 0.845. The van der Waals surface area contributed by atoms with Crippen molar-refractivity contribution in [3.8, 4) is 0 Å². The fourth-order valence-corrected chi connectivity index (χ4v) is 16.9. The molecule has 0 aromatic rings. The maximum absolute atomic E-state index is 15.0. The number of hydrogen-bond donors (Lipinski definition) is 0. The number of fused-ring (bicyclic) bond motifs is 2. The topological polar surface area (TPSA) is 122 Å². The van der Waals surface area contributed by atoms with Gasteiger partial charge >= 0.3 is 29.8 Å². The summed E-state index contributed by atoms with van der Waals surface area (Å²) in [6.45, 7) is 10.3. The van der Waals surface area contributed by atoms with E-state index in [4.69, 9.17) is 18.9 Å². The molecule has 314 valence electrons. The number of rotatable bonds is 12. The second-order valence-electron chi connectivity index (χ2n) is 23.1. The van der Waals surface area contributed by atoms with Crippen LogP contribution in [0.25, 0.3) is 0 Å². The summed E-state index contributed by atoms with van der Waals surface area (Å²) in [5, 5.41) is 0. The normalized spacial score (nSPS) is 51.0. The molecule has 57 heavy (non-hydrogen) atoms. The van der Waals surface area contributed by atoms with E-state index < -0.39 is 40.2 Å². The molecule has 10 bridgehead atoms. The molecule has 10 aliphatic carbocycles. The number of carbonyl (C=O) groups excluding carboxylic acids is 5. The highest BCUT2D eigenvalue weighted by atomic mass is 16.6. The predicted octanol–water partition coefficient (Wildman–Crippen LogP) is 8.78. The quantitative estimate of drug-likeness (QED) is 0.109. The van der Waals surface area contributed by atoms with Crippen molar-refractivity contribution in [2.24, 2.45) is 93.7 Å². The van der Waals surface area contributed by atoms with E-state index in [0.29, 0.717) is 78.9 Å².